The molecule has 0 unspecified atom stereocenters. The van der Waals surface area contributed by atoms with Crippen LogP contribution >= 0.6 is 11.6 Å². The summed E-state index contributed by atoms with van der Waals surface area (Å²) in [6.07, 6.45) is 2.47. The predicted octanol–water partition coefficient (Wildman–Crippen LogP) is 4.54. The van der Waals surface area contributed by atoms with Crippen LogP contribution in [0.2, 0.25) is 5.02 Å². The van der Waals surface area contributed by atoms with Gasteiger partial charge in [-0.1, -0.05) is 29.8 Å². The highest BCUT2D eigenvalue weighted by molar-refractivity contribution is 6.30. The van der Waals surface area contributed by atoms with Crippen LogP contribution in [0.15, 0.2) is 48.7 Å². The molecule has 3 aromatic rings. The zero-order valence-corrected chi connectivity index (χ0v) is 15.0. The lowest BCUT2D eigenvalue weighted by atomic mass is 10.1. The van der Waals surface area contributed by atoms with E-state index in [1.807, 2.05) is 24.3 Å². The van der Waals surface area contributed by atoms with Gasteiger partial charge in [-0.2, -0.15) is 10.1 Å². The number of nitrogens with zero attached hydrogens (tertiary/aromatic N) is 3. The van der Waals surface area contributed by atoms with Crippen LogP contribution in [0.1, 0.15) is 16.7 Å². The molecule has 0 fully saturated rings. The summed E-state index contributed by atoms with van der Waals surface area (Å²) in [5.41, 5.74) is 4.59. The summed E-state index contributed by atoms with van der Waals surface area (Å²) in [5.74, 6) is 1.16. The van der Waals surface area contributed by atoms with Crippen LogP contribution in [-0.4, -0.2) is 21.7 Å². The predicted molar refractivity (Wildman–Crippen MR) is 103 cm³/mol. The van der Waals surface area contributed by atoms with Gasteiger partial charge in [-0.05, 0) is 61.2 Å². The van der Waals surface area contributed by atoms with Gasteiger partial charge in [0.15, 0.2) is 5.82 Å². The highest BCUT2D eigenvalue weighted by Gasteiger charge is 2.02. The van der Waals surface area contributed by atoms with Gasteiger partial charge in [-0.3, -0.25) is 0 Å². The van der Waals surface area contributed by atoms with E-state index in [2.05, 4.69) is 57.9 Å². The van der Waals surface area contributed by atoms with Crippen molar-refractivity contribution in [3.8, 4) is 0 Å². The Morgan fingerprint density at radius 1 is 1.00 bits per heavy atom. The number of anilines is 3. The summed E-state index contributed by atoms with van der Waals surface area (Å²) in [7, 11) is 0. The maximum Gasteiger partial charge on any atom is 0.244 e. The van der Waals surface area contributed by atoms with Gasteiger partial charge in [-0.15, -0.1) is 5.10 Å². The highest BCUT2D eigenvalue weighted by atomic mass is 35.5. The molecule has 0 aliphatic carbocycles. The number of aromatic nitrogens is 3. The van der Waals surface area contributed by atoms with Crippen molar-refractivity contribution in [2.24, 2.45) is 0 Å². The zero-order chi connectivity index (χ0) is 17.6. The molecule has 0 spiro atoms. The van der Waals surface area contributed by atoms with Crippen molar-refractivity contribution >= 4 is 29.1 Å². The maximum atomic E-state index is 5.89. The topological polar surface area (TPSA) is 62.7 Å². The van der Waals surface area contributed by atoms with E-state index in [0.29, 0.717) is 11.8 Å². The van der Waals surface area contributed by atoms with E-state index in [1.165, 1.54) is 16.7 Å². The van der Waals surface area contributed by atoms with Crippen LogP contribution in [0.25, 0.3) is 0 Å². The molecular formula is C19H20ClN5. The van der Waals surface area contributed by atoms with E-state index in [1.54, 1.807) is 6.20 Å². The second kappa shape index (κ2) is 7.94. The first-order valence-electron chi connectivity index (χ1n) is 8.12. The largest absolute Gasteiger partial charge is 0.353 e. The van der Waals surface area contributed by atoms with Gasteiger partial charge in [0.1, 0.15) is 0 Å². The average molecular weight is 354 g/mol. The molecule has 5 nitrogen and oxygen atoms in total. The Labute approximate surface area is 152 Å². The number of aryl methyl sites for hydroxylation is 2. The first kappa shape index (κ1) is 17.2. The molecule has 25 heavy (non-hydrogen) atoms. The van der Waals surface area contributed by atoms with Crippen LogP contribution < -0.4 is 10.6 Å². The standard InChI is InChI=1S/C19H20ClN5/c1-13-9-14(2)11-17(10-13)23-18-12-22-25-19(24-18)21-8-7-15-3-5-16(20)6-4-15/h3-6,9-12H,7-8H2,1-2H3,(H2,21,23,24,25). The van der Waals surface area contributed by atoms with Crippen LogP contribution in [0.3, 0.4) is 0 Å². The van der Waals surface area contributed by atoms with Crippen LogP contribution in [-0.2, 0) is 6.42 Å². The summed E-state index contributed by atoms with van der Waals surface area (Å²) < 4.78 is 0. The summed E-state index contributed by atoms with van der Waals surface area (Å²) in [4.78, 5) is 4.46. The lowest BCUT2D eigenvalue weighted by molar-refractivity contribution is 0.929. The Bertz CT molecular complexity index is 828. The number of halogens is 1. The molecule has 1 heterocycles. The monoisotopic (exact) mass is 353 g/mol. The van der Waals surface area contributed by atoms with Gasteiger partial charge in [0.2, 0.25) is 5.95 Å². The highest BCUT2D eigenvalue weighted by Crippen LogP contribution is 2.18. The van der Waals surface area contributed by atoms with Crippen LogP contribution in [0.5, 0.6) is 0 Å². The van der Waals surface area contributed by atoms with Gasteiger partial charge in [0.25, 0.3) is 0 Å². The van der Waals surface area contributed by atoms with E-state index >= 15 is 0 Å². The molecule has 0 atom stereocenters. The average Bonchev–Trinajstić information content (AvgIpc) is 2.56. The Hall–Kier alpha value is -2.66. The first-order valence-corrected chi connectivity index (χ1v) is 8.50. The first-order chi connectivity index (χ1) is 12.1. The quantitative estimate of drug-likeness (QED) is 0.681. The second-order valence-electron chi connectivity index (χ2n) is 5.97. The molecule has 2 aromatic carbocycles. The number of hydrogen-bond donors (Lipinski definition) is 2. The Morgan fingerprint density at radius 2 is 1.72 bits per heavy atom. The summed E-state index contributed by atoms with van der Waals surface area (Å²) in [5, 5.41) is 15.3. The molecule has 0 aliphatic heterocycles. The fourth-order valence-electron chi connectivity index (χ4n) is 2.60. The molecule has 0 radical (unpaired) electrons. The van der Waals surface area contributed by atoms with E-state index < -0.39 is 0 Å². The van der Waals surface area contributed by atoms with Crippen molar-refractivity contribution in [2.45, 2.75) is 20.3 Å². The zero-order valence-electron chi connectivity index (χ0n) is 14.3. The maximum absolute atomic E-state index is 5.89. The van der Waals surface area contributed by atoms with E-state index in [0.717, 1.165) is 23.7 Å². The van der Waals surface area contributed by atoms with E-state index in [-0.39, 0.29) is 0 Å². The molecule has 0 bridgehead atoms. The fourth-order valence-corrected chi connectivity index (χ4v) is 2.73. The molecule has 0 saturated heterocycles. The Balaban J connectivity index is 1.60. The summed E-state index contributed by atoms with van der Waals surface area (Å²) in [6, 6.07) is 14.1. The molecular weight excluding hydrogens is 334 g/mol. The molecule has 0 amide bonds. The summed E-state index contributed by atoms with van der Waals surface area (Å²) >= 11 is 5.89. The van der Waals surface area contributed by atoms with Crippen LogP contribution in [0, 0.1) is 13.8 Å². The smallest absolute Gasteiger partial charge is 0.244 e. The molecule has 2 N–H and O–H groups in total. The normalized spacial score (nSPS) is 10.5. The van der Waals surface area contributed by atoms with Crippen molar-refractivity contribution in [3.63, 3.8) is 0 Å². The van der Waals surface area contributed by atoms with Gasteiger partial charge in [0, 0.05) is 17.3 Å². The minimum Gasteiger partial charge on any atom is -0.353 e. The molecule has 1 aromatic heterocycles. The number of rotatable bonds is 6. The minimum absolute atomic E-state index is 0.503. The summed E-state index contributed by atoms with van der Waals surface area (Å²) in [6.45, 7) is 4.86. The third kappa shape index (κ3) is 5.16. The third-order valence-electron chi connectivity index (χ3n) is 3.66. The fraction of sp³-hybridized carbons (Fsp3) is 0.211. The van der Waals surface area contributed by atoms with Crippen molar-refractivity contribution in [1.82, 2.24) is 15.2 Å². The Kier molecular flexibility index (Phi) is 5.46. The van der Waals surface area contributed by atoms with Gasteiger partial charge in [0.05, 0.1) is 6.20 Å². The molecule has 3 rings (SSSR count). The molecule has 6 heteroatoms. The van der Waals surface area contributed by atoms with Crippen molar-refractivity contribution in [3.05, 3.63) is 70.4 Å². The molecule has 0 aliphatic rings. The van der Waals surface area contributed by atoms with Crippen molar-refractivity contribution in [1.29, 1.82) is 0 Å². The minimum atomic E-state index is 0.503. The molecule has 0 saturated carbocycles. The third-order valence-corrected chi connectivity index (χ3v) is 3.91. The van der Waals surface area contributed by atoms with Gasteiger partial charge >= 0.3 is 0 Å². The lowest BCUT2D eigenvalue weighted by Crippen LogP contribution is -2.09. The molecule has 128 valence electrons. The van der Waals surface area contributed by atoms with Crippen molar-refractivity contribution < 1.29 is 0 Å². The lowest BCUT2D eigenvalue weighted by Gasteiger charge is -2.09. The van der Waals surface area contributed by atoms with Gasteiger partial charge < -0.3 is 10.6 Å². The van der Waals surface area contributed by atoms with E-state index in [4.69, 9.17) is 11.6 Å². The Morgan fingerprint density at radius 3 is 2.44 bits per heavy atom. The van der Waals surface area contributed by atoms with Gasteiger partial charge in [-0.25, -0.2) is 0 Å². The number of hydrogen-bond acceptors (Lipinski definition) is 5. The van der Waals surface area contributed by atoms with E-state index in [9.17, 15) is 0 Å². The number of benzene rings is 2. The van der Waals surface area contributed by atoms with Crippen LogP contribution in [0.4, 0.5) is 17.5 Å². The number of nitrogens with one attached hydrogen (secondary N) is 2. The SMILES string of the molecule is Cc1cc(C)cc(Nc2cnnc(NCCc3ccc(Cl)cc3)n2)c1. The second-order valence-corrected chi connectivity index (χ2v) is 6.41. The van der Waals surface area contributed by atoms with Crippen molar-refractivity contribution in [2.75, 3.05) is 17.2 Å².